The van der Waals surface area contributed by atoms with Crippen molar-refractivity contribution in [3.63, 3.8) is 0 Å². The largest absolute Gasteiger partial charge is 0.340 e. The maximum absolute atomic E-state index is 12.5. The summed E-state index contributed by atoms with van der Waals surface area (Å²) in [4.78, 5) is 28.6. The molecule has 1 atom stereocenters. The molecule has 0 aromatic rings. The van der Waals surface area contributed by atoms with Gasteiger partial charge in [-0.1, -0.05) is 19.3 Å². The summed E-state index contributed by atoms with van der Waals surface area (Å²) >= 11 is 0. The molecule has 20 heavy (non-hydrogen) atoms. The highest BCUT2D eigenvalue weighted by Crippen LogP contribution is 2.29. The average Bonchev–Trinajstić information content (AvgIpc) is 2.90. The maximum atomic E-state index is 12.5. The number of amides is 2. The molecule has 1 N–H and O–H groups in total. The van der Waals surface area contributed by atoms with Gasteiger partial charge < -0.3 is 15.1 Å². The van der Waals surface area contributed by atoms with Crippen molar-refractivity contribution in [3.8, 4) is 0 Å². The molecule has 2 heterocycles. The zero-order valence-corrected chi connectivity index (χ0v) is 12.1. The molecular formula is C15H25N3O2. The van der Waals surface area contributed by atoms with Gasteiger partial charge >= 0.3 is 0 Å². The van der Waals surface area contributed by atoms with Gasteiger partial charge in [-0.15, -0.1) is 0 Å². The fourth-order valence-electron chi connectivity index (χ4n) is 3.79. The SMILES string of the molecule is O=C(C1CC(=O)N(C2CCCCC2)C1)N1CCNCC1. The predicted octanol–water partition coefficient (Wildman–Crippen LogP) is 0.599. The predicted molar refractivity (Wildman–Crippen MR) is 76.1 cm³/mol. The van der Waals surface area contributed by atoms with Crippen LogP contribution in [-0.2, 0) is 9.59 Å². The molecule has 1 unspecified atom stereocenters. The molecule has 0 radical (unpaired) electrons. The third-order valence-electron chi connectivity index (χ3n) is 4.95. The Balaban J connectivity index is 1.59. The Bertz CT molecular complexity index is 373. The van der Waals surface area contributed by atoms with E-state index in [0.29, 0.717) is 19.0 Å². The zero-order valence-electron chi connectivity index (χ0n) is 12.1. The van der Waals surface area contributed by atoms with Crippen LogP contribution in [0.25, 0.3) is 0 Å². The van der Waals surface area contributed by atoms with E-state index >= 15 is 0 Å². The van der Waals surface area contributed by atoms with Crippen molar-refractivity contribution in [1.82, 2.24) is 15.1 Å². The standard InChI is InChI=1S/C15H25N3O2/c19-14-10-12(15(20)17-8-6-16-7-9-17)11-18(14)13-4-2-1-3-5-13/h12-13,16H,1-11H2. The quantitative estimate of drug-likeness (QED) is 0.805. The van der Waals surface area contributed by atoms with E-state index in [9.17, 15) is 9.59 Å². The topological polar surface area (TPSA) is 52.7 Å². The Hall–Kier alpha value is -1.10. The molecule has 3 fully saturated rings. The molecule has 2 aliphatic heterocycles. The van der Waals surface area contributed by atoms with Crippen LogP contribution in [0.1, 0.15) is 38.5 Å². The molecule has 3 rings (SSSR count). The first-order chi connectivity index (χ1) is 9.75. The molecule has 0 aromatic heterocycles. The monoisotopic (exact) mass is 279 g/mol. The van der Waals surface area contributed by atoms with E-state index in [2.05, 4.69) is 5.32 Å². The van der Waals surface area contributed by atoms with E-state index in [0.717, 1.165) is 39.0 Å². The first-order valence-corrected chi connectivity index (χ1v) is 8.04. The van der Waals surface area contributed by atoms with E-state index in [4.69, 9.17) is 0 Å². The van der Waals surface area contributed by atoms with Gasteiger partial charge in [0.15, 0.2) is 0 Å². The first-order valence-electron chi connectivity index (χ1n) is 8.04. The number of nitrogens with one attached hydrogen (secondary N) is 1. The van der Waals surface area contributed by atoms with Crippen molar-refractivity contribution in [2.24, 2.45) is 5.92 Å². The van der Waals surface area contributed by atoms with Crippen molar-refractivity contribution in [2.75, 3.05) is 32.7 Å². The Kier molecular flexibility index (Phi) is 4.24. The van der Waals surface area contributed by atoms with Crippen LogP contribution in [0, 0.1) is 5.92 Å². The molecule has 2 amide bonds. The number of likely N-dealkylation sites (tertiary alicyclic amines) is 1. The van der Waals surface area contributed by atoms with Crippen LogP contribution in [0.5, 0.6) is 0 Å². The van der Waals surface area contributed by atoms with E-state index in [-0.39, 0.29) is 17.7 Å². The van der Waals surface area contributed by atoms with Crippen molar-refractivity contribution in [3.05, 3.63) is 0 Å². The Morgan fingerprint density at radius 1 is 1.10 bits per heavy atom. The lowest BCUT2D eigenvalue weighted by Gasteiger charge is -2.32. The highest BCUT2D eigenvalue weighted by Gasteiger charge is 2.39. The summed E-state index contributed by atoms with van der Waals surface area (Å²) in [5.74, 6) is 0.297. The molecule has 5 nitrogen and oxygen atoms in total. The lowest BCUT2D eigenvalue weighted by atomic mass is 9.94. The summed E-state index contributed by atoms with van der Waals surface area (Å²) in [5, 5.41) is 3.26. The van der Waals surface area contributed by atoms with Crippen LogP contribution in [-0.4, -0.2) is 60.4 Å². The highest BCUT2D eigenvalue weighted by molar-refractivity contribution is 5.89. The zero-order chi connectivity index (χ0) is 13.9. The van der Waals surface area contributed by atoms with Gasteiger partial charge in [0.1, 0.15) is 0 Å². The lowest BCUT2D eigenvalue weighted by molar-refractivity contribution is -0.136. The van der Waals surface area contributed by atoms with Crippen molar-refractivity contribution in [2.45, 2.75) is 44.6 Å². The molecule has 1 aliphatic carbocycles. The fourth-order valence-corrected chi connectivity index (χ4v) is 3.79. The van der Waals surface area contributed by atoms with Crippen LogP contribution in [0.15, 0.2) is 0 Å². The van der Waals surface area contributed by atoms with Gasteiger partial charge in [0.05, 0.1) is 5.92 Å². The van der Waals surface area contributed by atoms with Crippen LogP contribution in [0.3, 0.4) is 0 Å². The summed E-state index contributed by atoms with van der Waals surface area (Å²) in [7, 11) is 0. The molecule has 3 aliphatic rings. The van der Waals surface area contributed by atoms with Crippen LogP contribution in [0.2, 0.25) is 0 Å². The number of carbonyl (C=O) groups is 2. The molecule has 1 saturated carbocycles. The van der Waals surface area contributed by atoms with E-state index in [1.165, 1.54) is 19.3 Å². The second-order valence-corrected chi connectivity index (χ2v) is 6.31. The summed E-state index contributed by atoms with van der Waals surface area (Å²) < 4.78 is 0. The third kappa shape index (κ3) is 2.82. The smallest absolute Gasteiger partial charge is 0.228 e. The summed E-state index contributed by atoms with van der Waals surface area (Å²) in [5.41, 5.74) is 0. The minimum Gasteiger partial charge on any atom is -0.340 e. The van der Waals surface area contributed by atoms with Gasteiger partial charge in [-0.25, -0.2) is 0 Å². The molecule has 0 aromatic carbocycles. The molecule has 0 spiro atoms. The Morgan fingerprint density at radius 2 is 1.80 bits per heavy atom. The van der Waals surface area contributed by atoms with Crippen molar-refractivity contribution in [1.29, 1.82) is 0 Å². The molecule has 2 saturated heterocycles. The highest BCUT2D eigenvalue weighted by atomic mass is 16.2. The van der Waals surface area contributed by atoms with E-state index in [1.807, 2.05) is 9.80 Å². The molecule has 5 heteroatoms. The van der Waals surface area contributed by atoms with Gasteiger partial charge in [0, 0.05) is 45.2 Å². The third-order valence-corrected chi connectivity index (χ3v) is 4.95. The first kappa shape index (κ1) is 13.9. The van der Waals surface area contributed by atoms with Gasteiger partial charge in [0.2, 0.25) is 11.8 Å². The number of carbonyl (C=O) groups excluding carboxylic acids is 2. The minimum atomic E-state index is -0.0949. The second-order valence-electron chi connectivity index (χ2n) is 6.31. The van der Waals surface area contributed by atoms with Gasteiger partial charge in [-0.05, 0) is 12.8 Å². The number of piperazine rings is 1. The summed E-state index contributed by atoms with van der Waals surface area (Å²) in [6.07, 6.45) is 6.43. The van der Waals surface area contributed by atoms with E-state index < -0.39 is 0 Å². The van der Waals surface area contributed by atoms with Gasteiger partial charge in [-0.3, -0.25) is 9.59 Å². The normalized spacial score (nSPS) is 29.0. The Morgan fingerprint density at radius 3 is 2.50 bits per heavy atom. The number of nitrogens with zero attached hydrogens (tertiary/aromatic N) is 2. The number of hydrogen-bond donors (Lipinski definition) is 1. The van der Waals surface area contributed by atoms with Crippen LogP contribution < -0.4 is 5.32 Å². The Labute approximate surface area is 120 Å². The summed E-state index contributed by atoms with van der Waals surface area (Å²) in [6, 6.07) is 0.400. The maximum Gasteiger partial charge on any atom is 0.228 e. The molecule has 112 valence electrons. The molecular weight excluding hydrogens is 254 g/mol. The van der Waals surface area contributed by atoms with Crippen LogP contribution >= 0.6 is 0 Å². The number of hydrogen-bond acceptors (Lipinski definition) is 3. The lowest BCUT2D eigenvalue weighted by Crippen LogP contribution is -2.49. The minimum absolute atomic E-state index is 0.0949. The van der Waals surface area contributed by atoms with Gasteiger partial charge in [-0.2, -0.15) is 0 Å². The van der Waals surface area contributed by atoms with Crippen LogP contribution in [0.4, 0.5) is 0 Å². The van der Waals surface area contributed by atoms with Gasteiger partial charge in [0.25, 0.3) is 0 Å². The average molecular weight is 279 g/mol. The number of rotatable bonds is 2. The van der Waals surface area contributed by atoms with Crippen molar-refractivity contribution >= 4 is 11.8 Å². The molecule has 0 bridgehead atoms. The fraction of sp³-hybridized carbons (Fsp3) is 0.867. The summed E-state index contributed by atoms with van der Waals surface area (Å²) in [6.45, 7) is 3.98. The second kappa shape index (κ2) is 6.12. The van der Waals surface area contributed by atoms with E-state index in [1.54, 1.807) is 0 Å². The van der Waals surface area contributed by atoms with Crippen molar-refractivity contribution < 1.29 is 9.59 Å².